The zero-order chi connectivity index (χ0) is 19.5. The SMILES string of the molecule is CCN(C)C=Nc1cc(C)c(Cc2cc(C(F)(F)F)ccc2Cl)c(C)c1. The van der Waals surface area contributed by atoms with Crippen molar-refractivity contribution in [2.45, 2.75) is 33.4 Å². The summed E-state index contributed by atoms with van der Waals surface area (Å²) in [5.41, 5.74) is 3.52. The molecule has 2 aromatic rings. The molecule has 0 fully saturated rings. The molecule has 0 bridgehead atoms. The standard InChI is InChI=1S/C20H22ClF3N2/c1-5-26(4)12-25-17-8-13(2)18(14(3)9-17)11-15-10-16(20(22,23)24)6-7-19(15)21/h6-10,12H,5,11H2,1-4H3. The van der Waals surface area contributed by atoms with Crippen molar-refractivity contribution < 1.29 is 13.2 Å². The smallest absolute Gasteiger partial charge is 0.366 e. The summed E-state index contributed by atoms with van der Waals surface area (Å²) in [5, 5.41) is 0.337. The van der Waals surface area contributed by atoms with Crippen molar-refractivity contribution in [1.29, 1.82) is 0 Å². The minimum Gasteiger partial charge on any atom is -0.366 e. The van der Waals surface area contributed by atoms with Crippen molar-refractivity contribution in [1.82, 2.24) is 4.90 Å². The highest BCUT2D eigenvalue weighted by molar-refractivity contribution is 6.31. The second kappa shape index (κ2) is 8.12. The number of hydrogen-bond acceptors (Lipinski definition) is 1. The zero-order valence-corrected chi connectivity index (χ0v) is 16.0. The molecule has 26 heavy (non-hydrogen) atoms. The van der Waals surface area contributed by atoms with Gasteiger partial charge in [-0.3, -0.25) is 0 Å². The summed E-state index contributed by atoms with van der Waals surface area (Å²) < 4.78 is 38.9. The lowest BCUT2D eigenvalue weighted by atomic mass is 9.94. The van der Waals surface area contributed by atoms with E-state index in [4.69, 9.17) is 11.6 Å². The van der Waals surface area contributed by atoms with E-state index in [2.05, 4.69) is 4.99 Å². The van der Waals surface area contributed by atoms with Crippen molar-refractivity contribution in [3.8, 4) is 0 Å². The molecule has 0 aromatic heterocycles. The second-order valence-corrected chi connectivity index (χ2v) is 6.76. The number of alkyl halides is 3. The van der Waals surface area contributed by atoms with Crippen LogP contribution in [0.25, 0.3) is 0 Å². The van der Waals surface area contributed by atoms with Gasteiger partial charge in [-0.25, -0.2) is 4.99 Å². The Morgan fingerprint density at radius 3 is 2.27 bits per heavy atom. The average Bonchev–Trinajstić information content (AvgIpc) is 2.56. The molecule has 0 aliphatic heterocycles. The third kappa shape index (κ3) is 5.01. The van der Waals surface area contributed by atoms with E-state index in [0.717, 1.165) is 41.1 Å². The fraction of sp³-hybridized carbons (Fsp3) is 0.350. The molecule has 0 aliphatic rings. The highest BCUT2D eigenvalue weighted by Gasteiger charge is 2.30. The van der Waals surface area contributed by atoms with Gasteiger partial charge in [0.1, 0.15) is 0 Å². The maximum absolute atomic E-state index is 13.0. The van der Waals surface area contributed by atoms with Gasteiger partial charge in [-0.2, -0.15) is 13.2 Å². The molecular formula is C20H22ClF3N2. The number of benzene rings is 2. The molecule has 0 radical (unpaired) electrons. The fourth-order valence-corrected chi connectivity index (χ4v) is 2.83. The predicted molar refractivity (Wildman–Crippen MR) is 102 cm³/mol. The Balaban J connectivity index is 2.35. The minimum atomic E-state index is -4.38. The molecular weight excluding hydrogens is 361 g/mol. The van der Waals surface area contributed by atoms with Gasteiger partial charge in [0.2, 0.25) is 0 Å². The predicted octanol–water partition coefficient (Wildman–Crippen LogP) is 6.18. The van der Waals surface area contributed by atoms with Crippen LogP contribution in [0.2, 0.25) is 5.02 Å². The Morgan fingerprint density at radius 2 is 1.73 bits per heavy atom. The summed E-state index contributed by atoms with van der Waals surface area (Å²) in [6.45, 7) is 6.76. The molecule has 0 spiro atoms. The molecule has 0 amide bonds. The van der Waals surface area contributed by atoms with Crippen LogP contribution in [0.3, 0.4) is 0 Å². The van der Waals surface area contributed by atoms with Gasteiger partial charge < -0.3 is 4.90 Å². The first-order valence-electron chi connectivity index (χ1n) is 8.32. The monoisotopic (exact) mass is 382 g/mol. The van der Waals surface area contributed by atoms with E-state index in [1.165, 1.54) is 6.07 Å². The summed E-state index contributed by atoms with van der Waals surface area (Å²) in [5.74, 6) is 0. The molecule has 2 nitrogen and oxygen atoms in total. The summed E-state index contributed by atoms with van der Waals surface area (Å²) in [6.07, 6.45) is -2.27. The van der Waals surface area contributed by atoms with E-state index in [9.17, 15) is 13.2 Å². The highest BCUT2D eigenvalue weighted by Crippen LogP contribution is 2.33. The van der Waals surface area contributed by atoms with Crippen LogP contribution in [-0.2, 0) is 12.6 Å². The lowest BCUT2D eigenvalue weighted by Crippen LogP contribution is -2.14. The van der Waals surface area contributed by atoms with Crippen molar-refractivity contribution in [3.05, 3.63) is 63.2 Å². The first kappa shape index (κ1) is 20.3. The largest absolute Gasteiger partial charge is 0.416 e. The van der Waals surface area contributed by atoms with Crippen LogP contribution in [0, 0.1) is 13.8 Å². The summed E-state index contributed by atoms with van der Waals surface area (Å²) in [6, 6.07) is 7.31. The Labute approximate surface area is 157 Å². The lowest BCUT2D eigenvalue weighted by Gasteiger charge is -2.15. The molecule has 0 heterocycles. The average molecular weight is 383 g/mol. The topological polar surface area (TPSA) is 15.6 Å². The molecule has 2 aromatic carbocycles. The zero-order valence-electron chi connectivity index (χ0n) is 15.3. The van der Waals surface area contributed by atoms with E-state index < -0.39 is 11.7 Å². The van der Waals surface area contributed by atoms with Crippen molar-refractivity contribution in [3.63, 3.8) is 0 Å². The Morgan fingerprint density at radius 1 is 1.12 bits per heavy atom. The fourth-order valence-electron chi connectivity index (χ4n) is 2.65. The summed E-state index contributed by atoms with van der Waals surface area (Å²) in [4.78, 5) is 6.40. The minimum absolute atomic E-state index is 0.337. The molecule has 0 atom stereocenters. The summed E-state index contributed by atoms with van der Waals surface area (Å²) in [7, 11) is 1.94. The molecule has 0 saturated carbocycles. The first-order chi connectivity index (χ1) is 12.1. The van der Waals surface area contributed by atoms with Gasteiger partial charge >= 0.3 is 6.18 Å². The van der Waals surface area contributed by atoms with Crippen LogP contribution in [-0.4, -0.2) is 24.8 Å². The van der Waals surface area contributed by atoms with Gasteiger partial charge in [0.25, 0.3) is 0 Å². The molecule has 140 valence electrons. The second-order valence-electron chi connectivity index (χ2n) is 6.36. The maximum Gasteiger partial charge on any atom is 0.416 e. The van der Waals surface area contributed by atoms with E-state index in [1.807, 2.05) is 44.9 Å². The van der Waals surface area contributed by atoms with E-state index >= 15 is 0 Å². The van der Waals surface area contributed by atoms with Crippen molar-refractivity contribution in [2.75, 3.05) is 13.6 Å². The van der Waals surface area contributed by atoms with Crippen LogP contribution in [0.1, 0.15) is 34.7 Å². The number of aliphatic imine (C=N–C) groups is 1. The van der Waals surface area contributed by atoms with Gasteiger partial charge in [0.05, 0.1) is 17.6 Å². The van der Waals surface area contributed by atoms with Crippen LogP contribution in [0.4, 0.5) is 18.9 Å². The number of nitrogens with zero attached hydrogens (tertiary/aromatic N) is 2. The normalized spacial score (nSPS) is 12.0. The lowest BCUT2D eigenvalue weighted by molar-refractivity contribution is -0.137. The van der Waals surface area contributed by atoms with Gasteiger partial charge in [-0.15, -0.1) is 0 Å². The summed E-state index contributed by atoms with van der Waals surface area (Å²) >= 11 is 6.14. The van der Waals surface area contributed by atoms with Crippen LogP contribution in [0.15, 0.2) is 35.3 Å². The quantitative estimate of drug-likeness (QED) is 0.445. The number of rotatable bonds is 5. The first-order valence-corrected chi connectivity index (χ1v) is 8.69. The van der Waals surface area contributed by atoms with Crippen LogP contribution < -0.4 is 0 Å². The number of halogens is 4. The van der Waals surface area contributed by atoms with Gasteiger partial charge in [0, 0.05) is 18.6 Å². The van der Waals surface area contributed by atoms with Crippen LogP contribution in [0.5, 0.6) is 0 Å². The molecule has 0 saturated heterocycles. The van der Waals surface area contributed by atoms with E-state index in [-0.39, 0.29) is 0 Å². The third-order valence-corrected chi connectivity index (χ3v) is 4.69. The van der Waals surface area contributed by atoms with E-state index in [0.29, 0.717) is 17.0 Å². The molecule has 0 unspecified atom stereocenters. The Bertz CT molecular complexity index is 790. The van der Waals surface area contributed by atoms with Gasteiger partial charge in [-0.05, 0) is 79.8 Å². The number of aryl methyl sites for hydroxylation is 2. The van der Waals surface area contributed by atoms with Crippen LogP contribution >= 0.6 is 11.6 Å². The third-order valence-electron chi connectivity index (χ3n) is 4.32. The van der Waals surface area contributed by atoms with Crippen molar-refractivity contribution >= 4 is 23.6 Å². The van der Waals surface area contributed by atoms with Gasteiger partial charge in [-0.1, -0.05) is 11.6 Å². The van der Waals surface area contributed by atoms with E-state index in [1.54, 1.807) is 6.34 Å². The highest BCUT2D eigenvalue weighted by atomic mass is 35.5. The molecule has 0 N–H and O–H groups in total. The molecule has 0 aliphatic carbocycles. The maximum atomic E-state index is 13.0. The number of hydrogen-bond donors (Lipinski definition) is 0. The molecule has 2 rings (SSSR count). The Hall–Kier alpha value is -2.01. The molecule has 6 heteroatoms. The Kier molecular flexibility index (Phi) is 6.34. The van der Waals surface area contributed by atoms with Crippen molar-refractivity contribution in [2.24, 2.45) is 4.99 Å². The van der Waals surface area contributed by atoms with Gasteiger partial charge in [0.15, 0.2) is 0 Å².